The molecule has 2 aromatic carbocycles. The normalized spacial score (nSPS) is 12.5. The Morgan fingerprint density at radius 3 is 2.63 bits per heavy atom. The zero-order valence-electron chi connectivity index (χ0n) is 16.2. The maximum Gasteiger partial charge on any atom is 0.252 e. The highest BCUT2D eigenvalue weighted by Crippen LogP contribution is 2.35. The minimum absolute atomic E-state index is 0.168. The third-order valence-corrected chi connectivity index (χ3v) is 4.95. The molecular formula is C24H19N3O3. The summed E-state index contributed by atoms with van der Waals surface area (Å²) in [6.45, 7) is 1.42. The van der Waals surface area contributed by atoms with Crippen molar-refractivity contribution in [2.75, 3.05) is 13.2 Å². The van der Waals surface area contributed by atoms with Crippen molar-refractivity contribution in [2.24, 2.45) is 0 Å². The fraction of sp³-hybridized carbons (Fsp3) is 0.125. The van der Waals surface area contributed by atoms with Crippen LogP contribution >= 0.6 is 0 Å². The summed E-state index contributed by atoms with van der Waals surface area (Å²) in [5, 5.41) is 3.77. The highest BCUT2D eigenvalue weighted by molar-refractivity contribution is 6.07. The summed E-state index contributed by atoms with van der Waals surface area (Å²) in [7, 11) is 0. The number of aromatic nitrogens is 2. The zero-order valence-corrected chi connectivity index (χ0v) is 16.2. The van der Waals surface area contributed by atoms with Gasteiger partial charge in [-0.25, -0.2) is 4.98 Å². The van der Waals surface area contributed by atoms with Crippen LogP contribution in [0.4, 0.5) is 0 Å². The topological polar surface area (TPSA) is 73.3 Å². The van der Waals surface area contributed by atoms with E-state index in [0.717, 1.165) is 27.9 Å². The smallest absolute Gasteiger partial charge is 0.252 e. The van der Waals surface area contributed by atoms with Crippen molar-refractivity contribution >= 4 is 16.8 Å². The Morgan fingerprint density at radius 2 is 1.77 bits per heavy atom. The molecule has 0 radical (unpaired) electrons. The first kappa shape index (κ1) is 18.1. The van der Waals surface area contributed by atoms with Gasteiger partial charge in [-0.15, -0.1) is 0 Å². The summed E-state index contributed by atoms with van der Waals surface area (Å²) in [6, 6.07) is 20.8. The monoisotopic (exact) mass is 397 g/mol. The summed E-state index contributed by atoms with van der Waals surface area (Å²) >= 11 is 0. The molecule has 1 N–H and O–H groups in total. The van der Waals surface area contributed by atoms with Crippen LogP contribution in [0.2, 0.25) is 0 Å². The quantitative estimate of drug-likeness (QED) is 0.564. The Kier molecular flexibility index (Phi) is 4.73. The van der Waals surface area contributed by atoms with E-state index in [1.807, 2.05) is 66.7 Å². The first-order chi connectivity index (χ1) is 14.8. The van der Waals surface area contributed by atoms with Crippen LogP contribution in [-0.2, 0) is 6.54 Å². The van der Waals surface area contributed by atoms with Crippen molar-refractivity contribution in [3.8, 4) is 22.8 Å². The van der Waals surface area contributed by atoms with Gasteiger partial charge in [-0.3, -0.25) is 9.78 Å². The second kappa shape index (κ2) is 7.83. The number of carbonyl (C=O) groups excluding carboxylic acids is 1. The average molecular weight is 397 g/mol. The number of ether oxygens (including phenoxy) is 2. The molecule has 0 bridgehead atoms. The van der Waals surface area contributed by atoms with Gasteiger partial charge in [-0.2, -0.15) is 0 Å². The van der Waals surface area contributed by atoms with Gasteiger partial charge in [0, 0.05) is 17.1 Å². The molecule has 2 aromatic heterocycles. The highest BCUT2D eigenvalue weighted by atomic mass is 16.6. The molecule has 5 rings (SSSR count). The van der Waals surface area contributed by atoms with Crippen molar-refractivity contribution in [3.63, 3.8) is 0 Å². The first-order valence-electron chi connectivity index (χ1n) is 9.76. The molecule has 0 atom stereocenters. The number of fused-ring (bicyclic) bond motifs is 2. The summed E-state index contributed by atoms with van der Waals surface area (Å²) in [4.78, 5) is 22.1. The molecule has 6 nitrogen and oxygen atoms in total. The lowest BCUT2D eigenvalue weighted by atomic mass is 10.0. The maximum atomic E-state index is 13.0. The van der Waals surface area contributed by atoms with E-state index in [9.17, 15) is 4.79 Å². The molecule has 148 valence electrons. The van der Waals surface area contributed by atoms with Gasteiger partial charge in [-0.1, -0.05) is 24.3 Å². The van der Waals surface area contributed by atoms with Crippen molar-refractivity contribution in [2.45, 2.75) is 6.54 Å². The lowest BCUT2D eigenvalue weighted by Crippen LogP contribution is -2.23. The Morgan fingerprint density at radius 1 is 0.933 bits per heavy atom. The molecule has 0 saturated carbocycles. The number of nitrogens with one attached hydrogen (secondary N) is 1. The summed E-state index contributed by atoms with van der Waals surface area (Å²) < 4.78 is 11.3. The van der Waals surface area contributed by atoms with Crippen LogP contribution < -0.4 is 14.8 Å². The molecule has 1 aliphatic rings. The van der Waals surface area contributed by atoms with E-state index >= 15 is 0 Å². The molecule has 6 heteroatoms. The Bertz CT molecular complexity index is 1230. The number of amides is 1. The highest BCUT2D eigenvalue weighted by Gasteiger charge is 2.17. The van der Waals surface area contributed by atoms with E-state index in [-0.39, 0.29) is 5.91 Å². The largest absolute Gasteiger partial charge is 0.486 e. The second-order valence-corrected chi connectivity index (χ2v) is 6.93. The van der Waals surface area contributed by atoms with E-state index in [1.165, 1.54) is 0 Å². The Labute approximate surface area is 173 Å². The molecule has 1 aliphatic heterocycles. The fourth-order valence-electron chi connectivity index (χ4n) is 3.48. The van der Waals surface area contributed by atoms with Gasteiger partial charge in [0.2, 0.25) is 0 Å². The van der Waals surface area contributed by atoms with E-state index in [4.69, 9.17) is 14.5 Å². The third-order valence-electron chi connectivity index (χ3n) is 4.95. The molecule has 30 heavy (non-hydrogen) atoms. The number of para-hydroxylation sites is 1. The third kappa shape index (κ3) is 3.55. The lowest BCUT2D eigenvalue weighted by molar-refractivity contribution is 0.0952. The number of nitrogens with zero attached hydrogens (tertiary/aromatic N) is 2. The summed E-state index contributed by atoms with van der Waals surface area (Å²) in [5.74, 6) is 1.24. The molecule has 0 fully saturated rings. The minimum atomic E-state index is -0.168. The van der Waals surface area contributed by atoms with E-state index in [0.29, 0.717) is 36.8 Å². The molecule has 0 aliphatic carbocycles. The lowest BCUT2D eigenvalue weighted by Gasteiger charge is -2.19. The van der Waals surface area contributed by atoms with Crippen LogP contribution in [0, 0.1) is 0 Å². The molecule has 1 amide bonds. The first-order valence-corrected chi connectivity index (χ1v) is 9.76. The SMILES string of the molecule is O=C(NCc1ccccn1)c1cc(-c2ccc3c(c2)OCCO3)nc2ccccc12. The Balaban J connectivity index is 1.52. The fourth-order valence-corrected chi connectivity index (χ4v) is 3.48. The number of carbonyl (C=O) groups is 1. The van der Waals surface area contributed by atoms with Crippen LogP contribution in [0.25, 0.3) is 22.2 Å². The van der Waals surface area contributed by atoms with Gasteiger partial charge in [-0.05, 0) is 42.5 Å². The van der Waals surface area contributed by atoms with Crippen LogP contribution in [0.15, 0.2) is 72.9 Å². The Hall–Kier alpha value is -3.93. The maximum absolute atomic E-state index is 13.0. The van der Waals surface area contributed by atoms with Crippen LogP contribution in [-0.4, -0.2) is 29.1 Å². The van der Waals surface area contributed by atoms with Crippen LogP contribution in [0.1, 0.15) is 16.1 Å². The molecule has 3 heterocycles. The van der Waals surface area contributed by atoms with Gasteiger partial charge < -0.3 is 14.8 Å². The average Bonchev–Trinajstić information content (AvgIpc) is 2.82. The number of hydrogen-bond acceptors (Lipinski definition) is 5. The van der Waals surface area contributed by atoms with Gasteiger partial charge in [0.15, 0.2) is 11.5 Å². The molecule has 4 aromatic rings. The standard InChI is InChI=1S/C24H19N3O3/c28-24(26-15-17-5-3-4-10-25-17)19-14-21(27-20-7-2-1-6-18(19)20)16-8-9-22-23(13-16)30-12-11-29-22/h1-10,13-14H,11-12,15H2,(H,26,28). The molecular weight excluding hydrogens is 378 g/mol. The molecule has 0 spiro atoms. The van der Waals surface area contributed by atoms with E-state index < -0.39 is 0 Å². The summed E-state index contributed by atoms with van der Waals surface area (Å²) in [5.41, 5.74) is 3.70. The zero-order chi connectivity index (χ0) is 20.3. The van der Waals surface area contributed by atoms with Crippen molar-refractivity contribution in [3.05, 3.63) is 84.2 Å². The number of rotatable bonds is 4. The van der Waals surface area contributed by atoms with Gasteiger partial charge in [0.1, 0.15) is 13.2 Å². The van der Waals surface area contributed by atoms with Gasteiger partial charge in [0.25, 0.3) is 5.91 Å². The van der Waals surface area contributed by atoms with Crippen molar-refractivity contribution < 1.29 is 14.3 Å². The van der Waals surface area contributed by atoms with Gasteiger partial charge in [0.05, 0.1) is 29.0 Å². The predicted molar refractivity (Wildman–Crippen MR) is 114 cm³/mol. The van der Waals surface area contributed by atoms with Crippen LogP contribution in [0.3, 0.4) is 0 Å². The number of benzene rings is 2. The van der Waals surface area contributed by atoms with Gasteiger partial charge >= 0.3 is 0 Å². The van der Waals surface area contributed by atoms with Crippen LogP contribution in [0.5, 0.6) is 11.5 Å². The second-order valence-electron chi connectivity index (χ2n) is 6.93. The predicted octanol–water partition coefficient (Wildman–Crippen LogP) is 4.00. The minimum Gasteiger partial charge on any atom is -0.486 e. The van der Waals surface area contributed by atoms with E-state index in [2.05, 4.69) is 10.3 Å². The number of hydrogen-bond donors (Lipinski definition) is 1. The van der Waals surface area contributed by atoms with E-state index in [1.54, 1.807) is 6.20 Å². The van der Waals surface area contributed by atoms with Crippen molar-refractivity contribution in [1.82, 2.24) is 15.3 Å². The molecule has 0 saturated heterocycles. The summed E-state index contributed by atoms with van der Waals surface area (Å²) in [6.07, 6.45) is 1.71. The van der Waals surface area contributed by atoms with Crippen molar-refractivity contribution in [1.29, 1.82) is 0 Å². The number of pyridine rings is 2. The molecule has 0 unspecified atom stereocenters.